The van der Waals surface area contributed by atoms with E-state index >= 15 is 0 Å². The molecule has 0 aliphatic carbocycles. The number of benzene rings is 1. The Bertz CT molecular complexity index is 335. The Kier molecular flexibility index (Phi) is 4.34. The Morgan fingerprint density at radius 3 is 2.38 bits per heavy atom. The van der Waals surface area contributed by atoms with Crippen molar-refractivity contribution in [3.8, 4) is 0 Å². The summed E-state index contributed by atoms with van der Waals surface area (Å²) in [5.74, 6) is -1.87. The van der Waals surface area contributed by atoms with E-state index in [2.05, 4.69) is 0 Å². The van der Waals surface area contributed by atoms with Gasteiger partial charge in [-0.3, -0.25) is 4.79 Å². The molecule has 1 amide bonds. The van der Waals surface area contributed by atoms with E-state index in [0.29, 0.717) is 12.8 Å². The largest absolute Gasteiger partial charge is 0.471 e. The highest BCUT2D eigenvalue weighted by Gasteiger charge is 2.38. The fourth-order valence-corrected chi connectivity index (χ4v) is 1.24. The molecule has 0 saturated carbocycles. The first-order valence-electron chi connectivity index (χ1n) is 4.89. The summed E-state index contributed by atoms with van der Waals surface area (Å²) < 4.78 is 35.4. The molecule has 0 radical (unpaired) electrons. The van der Waals surface area contributed by atoms with Crippen LogP contribution in [-0.2, 0) is 11.2 Å². The molecule has 2 nitrogen and oxygen atoms in total. The van der Waals surface area contributed by atoms with Gasteiger partial charge in [0.2, 0.25) is 0 Å². The summed E-state index contributed by atoms with van der Waals surface area (Å²) >= 11 is 0. The van der Waals surface area contributed by atoms with E-state index in [1.165, 1.54) is 0 Å². The lowest BCUT2D eigenvalue weighted by atomic mass is 10.1. The molecule has 88 valence electrons. The first-order valence-corrected chi connectivity index (χ1v) is 4.89. The van der Waals surface area contributed by atoms with Crippen LogP contribution in [0.5, 0.6) is 0 Å². The molecular weight excluding hydrogens is 219 g/mol. The predicted octanol–water partition coefficient (Wildman–Crippen LogP) is 2.30. The number of amides is 1. The van der Waals surface area contributed by atoms with Crippen LogP contribution in [-0.4, -0.2) is 18.6 Å². The van der Waals surface area contributed by atoms with Gasteiger partial charge in [0.05, 0.1) is 0 Å². The Balaban J connectivity index is 2.20. The van der Waals surface area contributed by atoms with Crippen molar-refractivity contribution in [3.05, 3.63) is 35.9 Å². The number of carbonyl (C=O) groups excluding carboxylic acids is 1. The molecule has 1 N–H and O–H groups in total. The highest BCUT2D eigenvalue weighted by Crippen LogP contribution is 2.13. The number of carbonyl (C=O) groups is 1. The molecule has 0 aliphatic heterocycles. The Hall–Kier alpha value is -1.52. The second-order valence-electron chi connectivity index (χ2n) is 3.34. The van der Waals surface area contributed by atoms with E-state index in [9.17, 15) is 18.0 Å². The summed E-state index contributed by atoms with van der Waals surface area (Å²) in [5, 5.41) is 1.83. The van der Waals surface area contributed by atoms with Crippen molar-refractivity contribution in [1.29, 1.82) is 0 Å². The number of hydrogen-bond acceptors (Lipinski definition) is 1. The van der Waals surface area contributed by atoms with Gasteiger partial charge in [-0.1, -0.05) is 30.3 Å². The van der Waals surface area contributed by atoms with Crippen LogP contribution in [0.15, 0.2) is 30.3 Å². The quantitative estimate of drug-likeness (QED) is 0.791. The predicted molar refractivity (Wildman–Crippen MR) is 53.8 cm³/mol. The summed E-state index contributed by atoms with van der Waals surface area (Å²) in [7, 11) is 0. The van der Waals surface area contributed by atoms with Gasteiger partial charge >= 0.3 is 12.1 Å². The molecule has 0 aliphatic rings. The lowest BCUT2D eigenvalue weighted by Gasteiger charge is -2.07. The standard InChI is InChI=1S/C11H12F3NO/c12-11(13,14)10(16)15-8-4-7-9-5-2-1-3-6-9/h1-3,5-6H,4,7-8H2,(H,15,16). The van der Waals surface area contributed by atoms with E-state index in [0.717, 1.165) is 5.56 Å². The Labute approximate surface area is 91.5 Å². The zero-order valence-corrected chi connectivity index (χ0v) is 8.55. The minimum atomic E-state index is -4.78. The van der Waals surface area contributed by atoms with Crippen molar-refractivity contribution in [3.63, 3.8) is 0 Å². The van der Waals surface area contributed by atoms with E-state index in [-0.39, 0.29) is 6.54 Å². The number of halogens is 3. The minimum Gasteiger partial charge on any atom is -0.348 e. The molecule has 1 aromatic carbocycles. The van der Waals surface area contributed by atoms with Crippen molar-refractivity contribution in [1.82, 2.24) is 5.32 Å². The molecule has 0 unspecified atom stereocenters. The molecule has 0 heterocycles. The second-order valence-corrected chi connectivity index (χ2v) is 3.34. The number of hydrogen-bond donors (Lipinski definition) is 1. The fourth-order valence-electron chi connectivity index (χ4n) is 1.24. The minimum absolute atomic E-state index is 0.0350. The van der Waals surface area contributed by atoms with Crippen LogP contribution in [0.4, 0.5) is 13.2 Å². The van der Waals surface area contributed by atoms with Crippen molar-refractivity contribution in [2.75, 3.05) is 6.54 Å². The number of nitrogens with one attached hydrogen (secondary N) is 1. The van der Waals surface area contributed by atoms with E-state index in [1.807, 2.05) is 35.6 Å². The fraction of sp³-hybridized carbons (Fsp3) is 0.364. The molecule has 0 spiro atoms. The van der Waals surface area contributed by atoms with Crippen LogP contribution in [0.2, 0.25) is 0 Å². The van der Waals surface area contributed by atoms with Crippen molar-refractivity contribution in [2.24, 2.45) is 0 Å². The van der Waals surface area contributed by atoms with Gasteiger partial charge in [-0.25, -0.2) is 0 Å². The monoisotopic (exact) mass is 231 g/mol. The Morgan fingerprint density at radius 2 is 1.81 bits per heavy atom. The molecule has 1 rings (SSSR count). The van der Waals surface area contributed by atoms with Gasteiger partial charge in [0.1, 0.15) is 0 Å². The molecule has 0 saturated heterocycles. The molecule has 0 aromatic heterocycles. The number of aryl methyl sites for hydroxylation is 1. The summed E-state index contributed by atoms with van der Waals surface area (Å²) in [6.45, 7) is 0.0350. The highest BCUT2D eigenvalue weighted by molar-refractivity contribution is 5.81. The normalized spacial score (nSPS) is 11.2. The topological polar surface area (TPSA) is 29.1 Å². The molecule has 16 heavy (non-hydrogen) atoms. The van der Waals surface area contributed by atoms with Crippen molar-refractivity contribution >= 4 is 5.91 Å². The third-order valence-corrected chi connectivity index (χ3v) is 2.03. The summed E-state index contributed by atoms with van der Waals surface area (Å²) in [6, 6.07) is 9.39. The van der Waals surface area contributed by atoms with Gasteiger partial charge in [0.25, 0.3) is 0 Å². The molecule has 1 aromatic rings. The van der Waals surface area contributed by atoms with Gasteiger partial charge in [0.15, 0.2) is 0 Å². The second kappa shape index (κ2) is 5.53. The smallest absolute Gasteiger partial charge is 0.348 e. The Morgan fingerprint density at radius 1 is 1.19 bits per heavy atom. The summed E-state index contributed by atoms with van der Waals surface area (Å²) in [6.07, 6.45) is -3.64. The SMILES string of the molecule is O=C(NCCCc1ccccc1)C(F)(F)F. The van der Waals surface area contributed by atoms with Gasteiger partial charge in [-0.2, -0.15) is 13.2 Å². The van der Waals surface area contributed by atoms with Crippen LogP contribution in [0.1, 0.15) is 12.0 Å². The van der Waals surface area contributed by atoms with Crippen molar-refractivity contribution < 1.29 is 18.0 Å². The zero-order valence-electron chi connectivity index (χ0n) is 8.55. The van der Waals surface area contributed by atoms with Crippen LogP contribution in [0, 0.1) is 0 Å². The maximum absolute atomic E-state index is 11.8. The van der Waals surface area contributed by atoms with E-state index in [1.54, 1.807) is 0 Å². The van der Waals surface area contributed by atoms with Gasteiger partial charge in [0, 0.05) is 6.54 Å². The summed E-state index contributed by atoms with van der Waals surface area (Å²) in [4.78, 5) is 10.4. The van der Waals surface area contributed by atoms with E-state index in [4.69, 9.17) is 0 Å². The number of rotatable bonds is 4. The van der Waals surface area contributed by atoms with Crippen LogP contribution in [0.25, 0.3) is 0 Å². The average molecular weight is 231 g/mol. The molecule has 0 fully saturated rings. The van der Waals surface area contributed by atoms with Crippen LogP contribution < -0.4 is 5.32 Å². The third-order valence-electron chi connectivity index (χ3n) is 2.03. The maximum atomic E-state index is 11.8. The lowest BCUT2D eigenvalue weighted by molar-refractivity contribution is -0.173. The molecule has 0 atom stereocenters. The first kappa shape index (κ1) is 12.5. The molecule has 0 bridgehead atoms. The zero-order chi connectivity index (χ0) is 12.0. The summed E-state index contributed by atoms with van der Waals surface area (Å²) in [5.41, 5.74) is 1.05. The number of alkyl halides is 3. The van der Waals surface area contributed by atoms with Gasteiger partial charge in [-0.15, -0.1) is 0 Å². The van der Waals surface area contributed by atoms with Crippen molar-refractivity contribution in [2.45, 2.75) is 19.0 Å². The van der Waals surface area contributed by atoms with Crippen LogP contribution >= 0.6 is 0 Å². The highest BCUT2D eigenvalue weighted by atomic mass is 19.4. The molecular formula is C11H12F3NO. The van der Waals surface area contributed by atoms with Gasteiger partial charge < -0.3 is 5.32 Å². The van der Waals surface area contributed by atoms with Gasteiger partial charge in [-0.05, 0) is 18.4 Å². The molecule has 5 heteroatoms. The average Bonchev–Trinajstić information content (AvgIpc) is 2.24. The first-order chi connectivity index (χ1) is 7.50. The lowest BCUT2D eigenvalue weighted by Crippen LogP contribution is -2.37. The maximum Gasteiger partial charge on any atom is 0.471 e. The van der Waals surface area contributed by atoms with Crippen LogP contribution in [0.3, 0.4) is 0 Å². The van der Waals surface area contributed by atoms with E-state index < -0.39 is 12.1 Å². The third kappa shape index (κ3) is 4.33.